The smallest absolute Gasteiger partial charge is 0.487 e. The van der Waals surface area contributed by atoms with Gasteiger partial charge in [0.1, 0.15) is 18.5 Å². The Morgan fingerprint density at radius 2 is 2.03 bits per heavy atom. The van der Waals surface area contributed by atoms with Gasteiger partial charge >= 0.3 is 12.1 Å². The maximum absolute atomic E-state index is 12.4. The maximum Gasteiger partial charge on any atom is 0.490 e. The average molecular weight is 472 g/mol. The van der Waals surface area contributed by atoms with Crippen LogP contribution in [0.5, 0.6) is 5.75 Å². The molecule has 0 saturated carbocycles. The van der Waals surface area contributed by atoms with Gasteiger partial charge in [-0.15, -0.1) is 0 Å². The minimum atomic E-state index is -5.00. The summed E-state index contributed by atoms with van der Waals surface area (Å²) in [5, 5.41) is 2.81. The second-order valence-electron chi connectivity index (χ2n) is 9.28. The van der Waals surface area contributed by atoms with E-state index in [0.29, 0.717) is 31.7 Å². The topological polar surface area (TPSA) is 80.8 Å². The summed E-state index contributed by atoms with van der Waals surface area (Å²) >= 11 is 0. The first-order chi connectivity index (χ1) is 15.4. The van der Waals surface area contributed by atoms with Crippen molar-refractivity contribution in [1.29, 1.82) is 0 Å². The highest BCUT2D eigenvalue weighted by Crippen LogP contribution is 2.24. The van der Waals surface area contributed by atoms with Crippen molar-refractivity contribution >= 4 is 18.0 Å². The number of hydrogen-bond acceptors (Lipinski definition) is 6. The molecule has 184 valence electrons. The average Bonchev–Trinajstić information content (AvgIpc) is 3.17. The third kappa shape index (κ3) is 9.41. The lowest BCUT2D eigenvalue weighted by molar-refractivity contribution is -0.200. The van der Waals surface area contributed by atoms with Crippen molar-refractivity contribution in [1.82, 2.24) is 15.2 Å². The predicted octanol–water partition coefficient (Wildman–Crippen LogP) is 3.59. The Labute approximate surface area is 192 Å². The first kappa shape index (κ1) is 26.6. The molecular weight excluding hydrogens is 439 g/mol. The molecule has 1 N–H and O–H groups in total. The molecule has 33 heavy (non-hydrogen) atoms. The number of ether oxygens (including phenoxy) is 2. The SMILES string of the molecule is CN[C@H](C/C=C/c1cncc(O[C@@H]2CCN(C(=O)CC(C)(C)C)C2)c1)COC(=O)C(F)(F)F. The number of pyridine rings is 1. The number of carbonyl (C=O) groups excluding carboxylic acids is 2. The highest BCUT2D eigenvalue weighted by Gasteiger charge is 2.41. The van der Waals surface area contributed by atoms with Crippen molar-refractivity contribution < 1.29 is 32.2 Å². The van der Waals surface area contributed by atoms with Crippen molar-refractivity contribution in [2.75, 3.05) is 26.7 Å². The van der Waals surface area contributed by atoms with E-state index < -0.39 is 24.8 Å². The summed E-state index contributed by atoms with van der Waals surface area (Å²) in [5.74, 6) is -1.49. The molecule has 0 aliphatic carbocycles. The molecule has 0 unspecified atom stereocenters. The lowest BCUT2D eigenvalue weighted by Crippen LogP contribution is -2.34. The van der Waals surface area contributed by atoms with Crippen molar-refractivity contribution in [3.63, 3.8) is 0 Å². The molecule has 1 aromatic heterocycles. The van der Waals surface area contributed by atoms with Crippen LogP contribution < -0.4 is 10.1 Å². The highest BCUT2D eigenvalue weighted by atomic mass is 19.4. The van der Waals surface area contributed by atoms with Crippen LogP contribution in [0.25, 0.3) is 6.08 Å². The molecule has 1 aliphatic rings. The van der Waals surface area contributed by atoms with Gasteiger partial charge in [-0.25, -0.2) is 4.79 Å². The molecular formula is C23H32F3N3O4. The Morgan fingerprint density at radius 1 is 1.30 bits per heavy atom. The lowest BCUT2D eigenvalue weighted by atomic mass is 9.92. The monoisotopic (exact) mass is 471 g/mol. The van der Waals surface area contributed by atoms with Crippen molar-refractivity contribution in [3.05, 3.63) is 30.1 Å². The molecule has 1 amide bonds. The largest absolute Gasteiger partial charge is 0.490 e. The molecule has 1 aromatic rings. The molecule has 2 rings (SSSR count). The Bertz CT molecular complexity index is 837. The van der Waals surface area contributed by atoms with E-state index in [2.05, 4.69) is 15.0 Å². The van der Waals surface area contributed by atoms with Gasteiger partial charge < -0.3 is 19.7 Å². The fourth-order valence-electron chi connectivity index (χ4n) is 3.30. The zero-order chi connectivity index (χ0) is 24.6. The molecule has 0 aromatic carbocycles. The molecule has 2 atom stereocenters. The lowest BCUT2D eigenvalue weighted by Gasteiger charge is -2.23. The first-order valence-corrected chi connectivity index (χ1v) is 10.8. The number of rotatable bonds is 9. The number of nitrogens with one attached hydrogen (secondary N) is 1. The second-order valence-corrected chi connectivity index (χ2v) is 9.28. The van der Waals surface area contributed by atoms with E-state index >= 15 is 0 Å². The quantitative estimate of drug-likeness (QED) is 0.555. The zero-order valence-corrected chi connectivity index (χ0v) is 19.4. The summed E-state index contributed by atoms with van der Waals surface area (Å²) in [6, 6.07) is 1.34. The summed E-state index contributed by atoms with van der Waals surface area (Å²) in [5.41, 5.74) is 0.695. The van der Waals surface area contributed by atoms with Crippen LogP contribution in [0.4, 0.5) is 13.2 Å². The number of likely N-dealkylation sites (tertiary alicyclic amines) is 1. The van der Waals surface area contributed by atoms with Gasteiger partial charge in [0.2, 0.25) is 5.91 Å². The highest BCUT2D eigenvalue weighted by molar-refractivity contribution is 5.77. The number of aromatic nitrogens is 1. The van der Waals surface area contributed by atoms with E-state index in [-0.39, 0.29) is 17.4 Å². The molecule has 2 heterocycles. The number of hydrogen-bond donors (Lipinski definition) is 1. The predicted molar refractivity (Wildman–Crippen MR) is 117 cm³/mol. The van der Waals surface area contributed by atoms with Crippen LogP contribution in [0.15, 0.2) is 24.5 Å². The van der Waals surface area contributed by atoms with Gasteiger partial charge in [-0.1, -0.05) is 32.9 Å². The van der Waals surface area contributed by atoms with Crippen LogP contribution in [0.1, 0.15) is 45.6 Å². The number of alkyl halides is 3. The van der Waals surface area contributed by atoms with E-state index in [4.69, 9.17) is 4.74 Å². The standard InChI is InChI=1S/C23H32F3N3O4/c1-22(2,3)11-20(30)29-9-8-18(14-29)33-19-10-16(12-28-13-19)6-5-7-17(27-4)15-32-21(31)23(24,25)26/h5-6,10,12-13,17-18,27H,7-9,11,14-15H2,1-4H3/b6-5+/t17-,18-/m1/s1. The van der Waals surface area contributed by atoms with Crippen LogP contribution >= 0.6 is 0 Å². The minimum Gasteiger partial charge on any atom is -0.487 e. The van der Waals surface area contributed by atoms with Gasteiger partial charge in [-0.3, -0.25) is 9.78 Å². The van der Waals surface area contributed by atoms with Crippen LogP contribution in [-0.4, -0.2) is 66.8 Å². The second kappa shape index (κ2) is 11.5. The van der Waals surface area contributed by atoms with E-state index in [9.17, 15) is 22.8 Å². The molecule has 0 radical (unpaired) electrons. The molecule has 0 spiro atoms. The van der Waals surface area contributed by atoms with Crippen LogP contribution in [0.2, 0.25) is 0 Å². The van der Waals surface area contributed by atoms with E-state index in [1.807, 2.05) is 25.7 Å². The summed E-state index contributed by atoms with van der Waals surface area (Å²) in [7, 11) is 1.58. The Kier molecular flexibility index (Phi) is 9.27. The third-order valence-electron chi connectivity index (χ3n) is 5.00. The zero-order valence-electron chi connectivity index (χ0n) is 19.4. The number of amides is 1. The summed E-state index contributed by atoms with van der Waals surface area (Å²) in [6.07, 6.45) is 3.23. The molecule has 0 bridgehead atoms. The number of carbonyl (C=O) groups is 2. The fourth-order valence-corrected chi connectivity index (χ4v) is 3.30. The Balaban J connectivity index is 1.85. The number of halogens is 3. The fraction of sp³-hybridized carbons (Fsp3) is 0.609. The summed E-state index contributed by atoms with van der Waals surface area (Å²) in [6.45, 7) is 6.91. The van der Waals surface area contributed by atoms with Crippen LogP contribution in [-0.2, 0) is 14.3 Å². The van der Waals surface area contributed by atoms with Crippen LogP contribution in [0.3, 0.4) is 0 Å². The molecule has 1 aliphatic heterocycles. The van der Waals surface area contributed by atoms with Gasteiger partial charge in [0, 0.05) is 31.6 Å². The van der Waals surface area contributed by atoms with E-state index in [1.165, 1.54) is 0 Å². The minimum absolute atomic E-state index is 0.0626. The van der Waals surface area contributed by atoms with Gasteiger partial charge in [0.15, 0.2) is 0 Å². The molecule has 1 saturated heterocycles. The normalized spacial score (nSPS) is 17.9. The van der Waals surface area contributed by atoms with Crippen LogP contribution in [0, 0.1) is 5.41 Å². The van der Waals surface area contributed by atoms with E-state index in [0.717, 1.165) is 12.0 Å². The maximum atomic E-state index is 12.4. The Morgan fingerprint density at radius 3 is 2.67 bits per heavy atom. The Hall–Kier alpha value is -2.62. The van der Waals surface area contributed by atoms with Gasteiger partial charge in [0.05, 0.1) is 12.7 Å². The third-order valence-corrected chi connectivity index (χ3v) is 5.00. The van der Waals surface area contributed by atoms with Crippen molar-refractivity contribution in [3.8, 4) is 5.75 Å². The summed E-state index contributed by atoms with van der Waals surface area (Å²) in [4.78, 5) is 29.2. The number of nitrogens with zero attached hydrogens (tertiary/aromatic N) is 2. The van der Waals surface area contributed by atoms with Gasteiger partial charge in [-0.2, -0.15) is 13.2 Å². The van der Waals surface area contributed by atoms with Crippen molar-refractivity contribution in [2.45, 2.75) is 58.4 Å². The molecule has 10 heteroatoms. The number of likely N-dealkylation sites (N-methyl/N-ethyl adjacent to an activating group) is 1. The van der Waals surface area contributed by atoms with Gasteiger partial charge in [-0.05, 0) is 30.5 Å². The molecule has 7 nitrogen and oxygen atoms in total. The first-order valence-electron chi connectivity index (χ1n) is 10.8. The van der Waals surface area contributed by atoms with E-state index in [1.54, 1.807) is 37.7 Å². The van der Waals surface area contributed by atoms with Gasteiger partial charge in [0.25, 0.3) is 0 Å². The molecule has 1 fully saturated rings. The van der Waals surface area contributed by atoms with Crippen molar-refractivity contribution in [2.24, 2.45) is 5.41 Å². The number of esters is 1. The summed E-state index contributed by atoms with van der Waals surface area (Å²) < 4.78 is 47.0.